The van der Waals surface area contributed by atoms with Crippen LogP contribution in [0.3, 0.4) is 0 Å². The number of rotatable bonds is 2. The summed E-state index contributed by atoms with van der Waals surface area (Å²) < 4.78 is 6.48. The Hall–Kier alpha value is -0.910. The van der Waals surface area contributed by atoms with E-state index >= 15 is 0 Å². The van der Waals surface area contributed by atoms with Crippen LogP contribution in [-0.4, -0.2) is 27.3 Å². The number of nitrogens with zero attached hydrogens (tertiary/aromatic N) is 3. The summed E-state index contributed by atoms with van der Waals surface area (Å²) in [5.41, 5.74) is 0. The maximum absolute atomic E-state index is 11.1. The standard InChI is InChI=1S/C6H8BrN3O2/c1-3-12-5(11)4-8-6(7)9-10(4)2/h3H2,1-2H3. The summed E-state index contributed by atoms with van der Waals surface area (Å²) in [5.74, 6) is -0.262. The van der Waals surface area contributed by atoms with Crippen LogP contribution in [0.4, 0.5) is 0 Å². The molecule has 0 saturated carbocycles. The van der Waals surface area contributed by atoms with E-state index in [1.54, 1.807) is 14.0 Å². The molecule has 0 amide bonds. The Morgan fingerprint density at radius 3 is 2.83 bits per heavy atom. The average molecular weight is 234 g/mol. The Morgan fingerprint density at radius 1 is 1.75 bits per heavy atom. The second-order valence-electron chi connectivity index (χ2n) is 2.05. The molecule has 1 aromatic heterocycles. The zero-order valence-corrected chi connectivity index (χ0v) is 8.33. The van der Waals surface area contributed by atoms with Gasteiger partial charge < -0.3 is 4.74 Å². The molecule has 0 unspecified atom stereocenters. The van der Waals surface area contributed by atoms with Crippen molar-refractivity contribution in [2.24, 2.45) is 7.05 Å². The summed E-state index contributed by atoms with van der Waals surface area (Å²) in [6, 6.07) is 0. The molecule has 0 aliphatic heterocycles. The fourth-order valence-electron chi connectivity index (χ4n) is 0.727. The third-order valence-electron chi connectivity index (χ3n) is 1.20. The predicted octanol–water partition coefficient (Wildman–Crippen LogP) is 0.754. The summed E-state index contributed by atoms with van der Waals surface area (Å²) >= 11 is 3.05. The molecule has 66 valence electrons. The van der Waals surface area contributed by atoms with Gasteiger partial charge in [-0.15, -0.1) is 5.10 Å². The Morgan fingerprint density at radius 2 is 2.42 bits per heavy atom. The largest absolute Gasteiger partial charge is 0.460 e. The van der Waals surface area contributed by atoms with E-state index in [9.17, 15) is 4.79 Å². The number of carbonyl (C=O) groups is 1. The van der Waals surface area contributed by atoms with E-state index in [1.165, 1.54) is 4.68 Å². The van der Waals surface area contributed by atoms with Crippen LogP contribution in [0, 0.1) is 0 Å². The number of hydrogen-bond donors (Lipinski definition) is 0. The first-order valence-electron chi connectivity index (χ1n) is 3.38. The molecule has 0 aliphatic rings. The van der Waals surface area contributed by atoms with Gasteiger partial charge in [-0.1, -0.05) is 0 Å². The Bertz CT molecular complexity index is 297. The molecule has 1 rings (SSSR count). The van der Waals surface area contributed by atoms with Gasteiger partial charge in [0.1, 0.15) is 0 Å². The normalized spacial score (nSPS) is 9.92. The van der Waals surface area contributed by atoms with E-state index in [-0.39, 0.29) is 5.82 Å². The zero-order valence-electron chi connectivity index (χ0n) is 6.74. The van der Waals surface area contributed by atoms with E-state index in [4.69, 9.17) is 4.74 Å². The van der Waals surface area contributed by atoms with Crippen LogP contribution in [0.25, 0.3) is 0 Å². The minimum absolute atomic E-state index is 0.198. The molecule has 0 radical (unpaired) electrons. The summed E-state index contributed by atoms with van der Waals surface area (Å²) in [6.45, 7) is 2.08. The van der Waals surface area contributed by atoms with Crippen molar-refractivity contribution in [3.8, 4) is 0 Å². The van der Waals surface area contributed by atoms with Gasteiger partial charge in [0.05, 0.1) is 6.61 Å². The van der Waals surface area contributed by atoms with Crippen molar-refractivity contribution >= 4 is 21.9 Å². The molecule has 0 atom stereocenters. The number of carbonyl (C=O) groups excluding carboxylic acids is 1. The van der Waals surface area contributed by atoms with E-state index in [0.29, 0.717) is 11.3 Å². The van der Waals surface area contributed by atoms with Crippen molar-refractivity contribution in [2.45, 2.75) is 6.92 Å². The lowest BCUT2D eigenvalue weighted by Crippen LogP contribution is -2.11. The van der Waals surface area contributed by atoms with Crippen molar-refractivity contribution in [3.05, 3.63) is 10.6 Å². The minimum Gasteiger partial charge on any atom is -0.460 e. The SMILES string of the molecule is CCOC(=O)c1nc(Br)nn1C. The quantitative estimate of drug-likeness (QED) is 0.708. The number of halogens is 1. The fraction of sp³-hybridized carbons (Fsp3) is 0.500. The summed E-state index contributed by atoms with van der Waals surface area (Å²) in [5, 5.41) is 3.84. The fourth-order valence-corrected chi connectivity index (χ4v) is 1.13. The molecule has 0 fully saturated rings. The second kappa shape index (κ2) is 3.66. The maximum atomic E-state index is 11.1. The van der Waals surface area contributed by atoms with Gasteiger partial charge >= 0.3 is 5.97 Å². The third kappa shape index (κ3) is 1.82. The lowest BCUT2D eigenvalue weighted by molar-refractivity contribution is 0.0506. The molecule has 6 heteroatoms. The van der Waals surface area contributed by atoms with Gasteiger partial charge in [0.15, 0.2) is 0 Å². The summed E-state index contributed by atoms with van der Waals surface area (Å²) in [4.78, 5) is 14.9. The lowest BCUT2D eigenvalue weighted by atomic mass is 10.6. The monoisotopic (exact) mass is 233 g/mol. The van der Waals surface area contributed by atoms with Gasteiger partial charge in [0.25, 0.3) is 0 Å². The molecule has 0 saturated heterocycles. The average Bonchev–Trinajstić information content (AvgIpc) is 2.30. The Labute approximate surface area is 77.9 Å². The van der Waals surface area contributed by atoms with E-state index < -0.39 is 5.97 Å². The van der Waals surface area contributed by atoms with Crippen LogP contribution < -0.4 is 0 Å². The van der Waals surface area contributed by atoms with Gasteiger partial charge in [-0.05, 0) is 22.9 Å². The van der Waals surface area contributed by atoms with Gasteiger partial charge in [0, 0.05) is 7.05 Å². The number of aromatic nitrogens is 3. The molecule has 0 aromatic carbocycles. The predicted molar refractivity (Wildman–Crippen MR) is 44.7 cm³/mol. The van der Waals surface area contributed by atoms with E-state index in [1.807, 2.05) is 0 Å². The molecule has 0 aliphatic carbocycles. The van der Waals surface area contributed by atoms with Gasteiger partial charge in [-0.25, -0.2) is 9.48 Å². The highest BCUT2D eigenvalue weighted by Crippen LogP contribution is 2.04. The van der Waals surface area contributed by atoms with Crippen LogP contribution in [0.2, 0.25) is 0 Å². The van der Waals surface area contributed by atoms with Gasteiger partial charge in [-0.3, -0.25) is 0 Å². The highest BCUT2D eigenvalue weighted by molar-refractivity contribution is 9.10. The molecule has 12 heavy (non-hydrogen) atoms. The minimum atomic E-state index is -0.460. The molecular weight excluding hydrogens is 226 g/mol. The zero-order chi connectivity index (χ0) is 9.14. The molecule has 0 bridgehead atoms. The molecule has 0 spiro atoms. The first-order valence-corrected chi connectivity index (χ1v) is 4.18. The molecule has 1 heterocycles. The molecule has 1 aromatic rings. The van der Waals surface area contributed by atoms with Gasteiger partial charge in [0.2, 0.25) is 10.6 Å². The molecule has 0 N–H and O–H groups in total. The van der Waals surface area contributed by atoms with E-state index in [0.717, 1.165) is 0 Å². The van der Waals surface area contributed by atoms with Crippen LogP contribution in [-0.2, 0) is 11.8 Å². The lowest BCUT2D eigenvalue weighted by Gasteiger charge is -1.98. The summed E-state index contributed by atoms with van der Waals surface area (Å²) in [7, 11) is 1.63. The Balaban J connectivity index is 2.87. The van der Waals surface area contributed by atoms with Crippen LogP contribution in [0.15, 0.2) is 4.73 Å². The molecule has 5 nitrogen and oxygen atoms in total. The van der Waals surface area contributed by atoms with Crippen molar-refractivity contribution in [1.29, 1.82) is 0 Å². The van der Waals surface area contributed by atoms with E-state index in [2.05, 4.69) is 26.0 Å². The number of hydrogen-bond acceptors (Lipinski definition) is 4. The highest BCUT2D eigenvalue weighted by atomic mass is 79.9. The second-order valence-corrected chi connectivity index (χ2v) is 2.76. The number of aryl methyl sites for hydroxylation is 1. The van der Waals surface area contributed by atoms with Crippen LogP contribution in [0.1, 0.15) is 17.5 Å². The van der Waals surface area contributed by atoms with Crippen molar-refractivity contribution in [1.82, 2.24) is 14.8 Å². The highest BCUT2D eigenvalue weighted by Gasteiger charge is 2.14. The maximum Gasteiger partial charge on any atom is 0.376 e. The third-order valence-corrected chi connectivity index (χ3v) is 1.53. The van der Waals surface area contributed by atoms with Crippen LogP contribution >= 0.6 is 15.9 Å². The van der Waals surface area contributed by atoms with Crippen molar-refractivity contribution < 1.29 is 9.53 Å². The smallest absolute Gasteiger partial charge is 0.376 e. The Kier molecular flexibility index (Phi) is 2.80. The number of esters is 1. The van der Waals surface area contributed by atoms with Crippen molar-refractivity contribution in [3.63, 3.8) is 0 Å². The number of ether oxygens (including phenoxy) is 1. The first-order chi connectivity index (χ1) is 5.65. The topological polar surface area (TPSA) is 57.0 Å². The first kappa shape index (κ1) is 9.18. The van der Waals surface area contributed by atoms with Crippen molar-refractivity contribution in [2.75, 3.05) is 6.61 Å². The molecular formula is C6H8BrN3O2. The van der Waals surface area contributed by atoms with Gasteiger partial charge in [-0.2, -0.15) is 4.98 Å². The van der Waals surface area contributed by atoms with Crippen LogP contribution in [0.5, 0.6) is 0 Å². The summed E-state index contributed by atoms with van der Waals surface area (Å²) in [6.07, 6.45) is 0.